The Hall–Kier alpha value is -0.520. The maximum absolute atomic E-state index is 5.99. The lowest BCUT2D eigenvalue weighted by atomic mass is 9.89. The van der Waals surface area contributed by atoms with Crippen LogP contribution in [-0.2, 0) is 4.74 Å². The van der Waals surface area contributed by atoms with Crippen LogP contribution in [0.1, 0.15) is 45.4 Å². The first kappa shape index (κ1) is 11.0. The van der Waals surface area contributed by atoms with Crippen molar-refractivity contribution in [1.29, 1.82) is 0 Å². The van der Waals surface area contributed by atoms with Crippen LogP contribution in [0.4, 0.5) is 0 Å². The van der Waals surface area contributed by atoms with Gasteiger partial charge in [-0.1, -0.05) is 18.8 Å². The van der Waals surface area contributed by atoms with E-state index >= 15 is 0 Å². The molecule has 2 rings (SSSR count). The van der Waals surface area contributed by atoms with Crippen LogP contribution in [-0.4, -0.2) is 24.8 Å². The van der Waals surface area contributed by atoms with Crippen LogP contribution in [0.2, 0.25) is 0 Å². The smallest absolute Gasteiger partial charge is 0.0697 e. The second-order valence-electron chi connectivity index (χ2n) is 4.74. The lowest BCUT2D eigenvalue weighted by molar-refractivity contribution is -0.0831. The molecule has 2 fully saturated rings. The molecule has 0 aromatic heterocycles. The Balaban J connectivity index is 1.83. The van der Waals surface area contributed by atoms with Crippen LogP contribution < -0.4 is 5.32 Å². The van der Waals surface area contributed by atoms with Crippen LogP contribution in [0.5, 0.6) is 0 Å². The molecule has 0 aromatic carbocycles. The minimum atomic E-state index is 0.232. The van der Waals surface area contributed by atoms with Crippen LogP contribution in [0, 0.1) is 11.8 Å². The van der Waals surface area contributed by atoms with Crippen molar-refractivity contribution in [1.82, 2.24) is 5.32 Å². The zero-order valence-corrected chi connectivity index (χ0v) is 9.64. The van der Waals surface area contributed by atoms with Gasteiger partial charge in [0, 0.05) is 12.6 Å². The quantitative estimate of drug-likeness (QED) is 0.700. The van der Waals surface area contributed by atoms with Gasteiger partial charge in [-0.2, -0.15) is 0 Å². The molecule has 0 bridgehead atoms. The Labute approximate surface area is 92.8 Å². The van der Waals surface area contributed by atoms with Crippen LogP contribution in [0.15, 0.2) is 0 Å². The van der Waals surface area contributed by atoms with E-state index in [0.29, 0.717) is 6.04 Å². The topological polar surface area (TPSA) is 21.3 Å². The average Bonchev–Trinajstić information content (AvgIpc) is 2.67. The van der Waals surface area contributed by atoms with Gasteiger partial charge < -0.3 is 10.1 Å². The third-order valence-electron chi connectivity index (χ3n) is 3.66. The third kappa shape index (κ3) is 2.74. The summed E-state index contributed by atoms with van der Waals surface area (Å²) < 4.78 is 5.99. The molecule has 15 heavy (non-hydrogen) atoms. The van der Waals surface area contributed by atoms with Crippen LogP contribution in [0.3, 0.4) is 0 Å². The van der Waals surface area contributed by atoms with Crippen molar-refractivity contribution in [2.24, 2.45) is 0 Å². The molecule has 1 atom stereocenters. The molecule has 1 heterocycles. The molecule has 84 valence electrons. The molecule has 1 aliphatic heterocycles. The second kappa shape index (κ2) is 5.01. The van der Waals surface area contributed by atoms with Crippen molar-refractivity contribution in [3.8, 4) is 11.8 Å². The maximum atomic E-state index is 5.99. The Bertz CT molecular complexity index is 257. The Kier molecular flexibility index (Phi) is 3.66. The lowest BCUT2D eigenvalue weighted by Gasteiger charge is -2.38. The van der Waals surface area contributed by atoms with Gasteiger partial charge in [0.05, 0.1) is 12.1 Å². The summed E-state index contributed by atoms with van der Waals surface area (Å²) in [6, 6.07) is 0.623. The number of ether oxygens (including phenoxy) is 1. The van der Waals surface area contributed by atoms with Gasteiger partial charge >= 0.3 is 0 Å². The fraction of sp³-hybridized carbons (Fsp3) is 0.846. The molecule has 1 saturated carbocycles. The highest BCUT2D eigenvalue weighted by Gasteiger charge is 2.39. The standard InChI is InChI=1S/C13H21NO/c1-2-3-9-14-12-6-10-15-13(11-12)7-4-5-8-13/h12,14H,4-11H2,1H3. The summed E-state index contributed by atoms with van der Waals surface area (Å²) >= 11 is 0. The zero-order chi connectivity index (χ0) is 10.6. The number of rotatable bonds is 2. The SMILES string of the molecule is CC#CCNC1CCOC2(CCCC2)C1. The monoisotopic (exact) mass is 207 g/mol. The Morgan fingerprint density at radius 1 is 1.40 bits per heavy atom. The van der Waals surface area contributed by atoms with E-state index in [1.807, 2.05) is 6.92 Å². The normalized spacial score (nSPS) is 28.7. The van der Waals surface area contributed by atoms with E-state index in [2.05, 4.69) is 17.2 Å². The summed E-state index contributed by atoms with van der Waals surface area (Å²) in [5, 5.41) is 3.52. The summed E-state index contributed by atoms with van der Waals surface area (Å²) in [5.41, 5.74) is 0.232. The average molecular weight is 207 g/mol. The molecule has 1 saturated heterocycles. The van der Waals surface area contributed by atoms with Crippen molar-refractivity contribution in [3.05, 3.63) is 0 Å². The molecule has 1 unspecified atom stereocenters. The maximum Gasteiger partial charge on any atom is 0.0697 e. The van der Waals surface area contributed by atoms with Crippen LogP contribution >= 0.6 is 0 Å². The highest BCUT2D eigenvalue weighted by atomic mass is 16.5. The van der Waals surface area contributed by atoms with Crippen molar-refractivity contribution in [3.63, 3.8) is 0 Å². The molecule has 0 aromatic rings. The van der Waals surface area contributed by atoms with E-state index in [1.165, 1.54) is 32.1 Å². The largest absolute Gasteiger partial charge is 0.375 e. The summed E-state index contributed by atoms with van der Waals surface area (Å²) in [5.74, 6) is 6.00. The van der Waals surface area contributed by atoms with Crippen LogP contribution in [0.25, 0.3) is 0 Å². The van der Waals surface area contributed by atoms with E-state index in [0.717, 1.165) is 19.6 Å². The minimum Gasteiger partial charge on any atom is -0.375 e. The first-order valence-corrected chi connectivity index (χ1v) is 6.12. The highest BCUT2D eigenvalue weighted by molar-refractivity contribution is 4.99. The van der Waals surface area contributed by atoms with E-state index in [1.54, 1.807) is 0 Å². The number of hydrogen-bond donors (Lipinski definition) is 1. The Morgan fingerprint density at radius 2 is 2.20 bits per heavy atom. The third-order valence-corrected chi connectivity index (χ3v) is 3.66. The molecular formula is C13H21NO. The summed E-state index contributed by atoms with van der Waals surface area (Å²) in [7, 11) is 0. The molecule has 2 aliphatic rings. The van der Waals surface area contributed by atoms with Gasteiger partial charge in [-0.3, -0.25) is 0 Å². The van der Waals surface area contributed by atoms with Gasteiger partial charge in [-0.25, -0.2) is 0 Å². The predicted octanol–water partition coefficient (Wildman–Crippen LogP) is 2.09. The van der Waals surface area contributed by atoms with Crippen molar-refractivity contribution < 1.29 is 4.74 Å². The summed E-state index contributed by atoms with van der Waals surface area (Å²) in [6.07, 6.45) is 7.57. The molecule has 2 nitrogen and oxygen atoms in total. The minimum absolute atomic E-state index is 0.232. The molecule has 0 radical (unpaired) electrons. The van der Waals surface area contributed by atoms with Gasteiger partial charge in [-0.05, 0) is 32.6 Å². The van der Waals surface area contributed by atoms with Crippen molar-refractivity contribution in [2.45, 2.75) is 57.1 Å². The Morgan fingerprint density at radius 3 is 2.93 bits per heavy atom. The van der Waals surface area contributed by atoms with Gasteiger partial charge in [0.1, 0.15) is 0 Å². The van der Waals surface area contributed by atoms with Crippen molar-refractivity contribution in [2.75, 3.05) is 13.2 Å². The fourth-order valence-corrected chi connectivity index (χ4v) is 2.85. The van der Waals surface area contributed by atoms with E-state index < -0.39 is 0 Å². The van der Waals surface area contributed by atoms with Gasteiger partial charge in [0.2, 0.25) is 0 Å². The second-order valence-corrected chi connectivity index (χ2v) is 4.74. The van der Waals surface area contributed by atoms with Gasteiger partial charge in [0.15, 0.2) is 0 Å². The summed E-state index contributed by atoms with van der Waals surface area (Å²) in [6.45, 7) is 3.65. The zero-order valence-electron chi connectivity index (χ0n) is 9.64. The fourth-order valence-electron chi connectivity index (χ4n) is 2.85. The van der Waals surface area contributed by atoms with Gasteiger partial charge in [0.25, 0.3) is 0 Å². The highest BCUT2D eigenvalue weighted by Crippen LogP contribution is 2.39. The van der Waals surface area contributed by atoms with Crippen molar-refractivity contribution >= 4 is 0 Å². The van der Waals surface area contributed by atoms with E-state index in [4.69, 9.17) is 4.74 Å². The van der Waals surface area contributed by atoms with Gasteiger partial charge in [-0.15, -0.1) is 5.92 Å². The first-order chi connectivity index (χ1) is 7.35. The predicted molar refractivity (Wildman–Crippen MR) is 61.6 cm³/mol. The van der Waals surface area contributed by atoms with E-state index in [-0.39, 0.29) is 5.60 Å². The molecule has 1 aliphatic carbocycles. The van der Waals surface area contributed by atoms with E-state index in [9.17, 15) is 0 Å². The number of nitrogens with one attached hydrogen (secondary N) is 1. The molecule has 1 N–H and O–H groups in total. The molecule has 2 heteroatoms. The lowest BCUT2D eigenvalue weighted by Crippen LogP contribution is -2.45. The molecular weight excluding hydrogens is 186 g/mol. The summed E-state index contributed by atoms with van der Waals surface area (Å²) in [4.78, 5) is 0. The number of hydrogen-bond acceptors (Lipinski definition) is 2. The first-order valence-electron chi connectivity index (χ1n) is 6.12. The molecule has 0 amide bonds. The molecule has 1 spiro atoms.